The number of ether oxygens (including phenoxy) is 3. The minimum Gasteiger partial charge on any atom is -0.496 e. The number of hydrogen-bond donors (Lipinski definition) is 0. The predicted molar refractivity (Wildman–Crippen MR) is 124 cm³/mol. The summed E-state index contributed by atoms with van der Waals surface area (Å²) >= 11 is 13.2. The van der Waals surface area contributed by atoms with Crippen LogP contribution in [0.3, 0.4) is 0 Å². The van der Waals surface area contributed by atoms with Crippen LogP contribution < -0.4 is 9.47 Å². The highest BCUT2D eigenvalue weighted by Gasteiger charge is 2.36. The van der Waals surface area contributed by atoms with Gasteiger partial charge in [0.05, 0.1) is 18.7 Å². The molecule has 2 aromatic rings. The fraction of sp³-hybridized carbons (Fsp3) is 0.478. The SMILES string of the molecule is COc1cccc(F)c1-c1nc(Cl)c2c(c1Cl)OC[C@H]1CN(C(=O)OC(C)(C)C)CCN1C2. The molecule has 1 amide bonds. The van der Waals surface area contributed by atoms with Crippen molar-refractivity contribution in [1.82, 2.24) is 14.8 Å². The molecule has 2 aliphatic heterocycles. The molecule has 178 valence electrons. The lowest BCUT2D eigenvalue weighted by molar-refractivity contribution is -0.00154. The van der Waals surface area contributed by atoms with Crippen molar-refractivity contribution in [3.05, 3.63) is 39.8 Å². The Bertz CT molecular complexity index is 1080. The zero-order valence-corrected chi connectivity index (χ0v) is 20.5. The second-order valence-electron chi connectivity index (χ2n) is 9.05. The van der Waals surface area contributed by atoms with E-state index in [1.165, 1.54) is 13.2 Å². The summed E-state index contributed by atoms with van der Waals surface area (Å²) in [6.07, 6.45) is -0.351. The highest BCUT2D eigenvalue weighted by Crippen LogP contribution is 2.45. The van der Waals surface area contributed by atoms with Crippen LogP contribution in [0.5, 0.6) is 11.5 Å². The van der Waals surface area contributed by atoms with E-state index in [1.807, 2.05) is 20.8 Å². The number of benzene rings is 1. The van der Waals surface area contributed by atoms with Crippen molar-refractivity contribution in [2.24, 2.45) is 0 Å². The lowest BCUT2D eigenvalue weighted by atomic mass is 10.1. The second kappa shape index (κ2) is 9.16. The number of carbonyl (C=O) groups excluding carboxylic acids is 1. The maximum Gasteiger partial charge on any atom is 0.410 e. The third-order valence-corrected chi connectivity index (χ3v) is 6.27. The molecule has 0 unspecified atom stereocenters. The van der Waals surface area contributed by atoms with Gasteiger partial charge in [-0.3, -0.25) is 4.90 Å². The van der Waals surface area contributed by atoms with Crippen LogP contribution in [-0.4, -0.2) is 65.9 Å². The first-order valence-corrected chi connectivity index (χ1v) is 11.4. The molecule has 2 aliphatic rings. The van der Waals surface area contributed by atoms with E-state index in [-0.39, 0.29) is 40.2 Å². The second-order valence-corrected chi connectivity index (χ2v) is 9.79. The quantitative estimate of drug-likeness (QED) is 0.543. The molecule has 0 bridgehead atoms. The summed E-state index contributed by atoms with van der Waals surface area (Å²) in [6, 6.07) is 4.39. The van der Waals surface area contributed by atoms with E-state index in [9.17, 15) is 9.18 Å². The molecule has 4 rings (SSSR count). The first-order valence-electron chi connectivity index (χ1n) is 10.6. The van der Waals surface area contributed by atoms with E-state index < -0.39 is 11.4 Å². The molecule has 1 aromatic heterocycles. The van der Waals surface area contributed by atoms with Crippen molar-refractivity contribution in [3.8, 4) is 22.8 Å². The Kier molecular flexibility index (Phi) is 6.62. The van der Waals surface area contributed by atoms with Crippen LogP contribution in [0.4, 0.5) is 9.18 Å². The number of methoxy groups -OCH3 is 1. The molecule has 0 aliphatic carbocycles. The average molecular weight is 498 g/mol. The van der Waals surface area contributed by atoms with E-state index in [2.05, 4.69) is 9.88 Å². The number of amides is 1. The van der Waals surface area contributed by atoms with Gasteiger partial charge in [0, 0.05) is 31.7 Å². The smallest absolute Gasteiger partial charge is 0.410 e. The topological polar surface area (TPSA) is 64.1 Å². The van der Waals surface area contributed by atoms with Crippen molar-refractivity contribution in [2.75, 3.05) is 33.4 Å². The van der Waals surface area contributed by atoms with Gasteiger partial charge in [-0.2, -0.15) is 0 Å². The van der Waals surface area contributed by atoms with Gasteiger partial charge in [-0.1, -0.05) is 29.3 Å². The predicted octanol–water partition coefficient (Wildman–Crippen LogP) is 5.02. The average Bonchev–Trinajstić information content (AvgIpc) is 2.95. The van der Waals surface area contributed by atoms with Gasteiger partial charge in [0.2, 0.25) is 0 Å². The Balaban J connectivity index is 1.63. The summed E-state index contributed by atoms with van der Waals surface area (Å²) in [7, 11) is 1.45. The van der Waals surface area contributed by atoms with Crippen LogP contribution in [0.25, 0.3) is 11.3 Å². The number of aromatic nitrogens is 1. The Hall–Kier alpha value is -2.29. The maximum atomic E-state index is 14.7. The van der Waals surface area contributed by atoms with Gasteiger partial charge in [0.1, 0.15) is 45.4 Å². The number of rotatable bonds is 2. The third-order valence-electron chi connectivity index (χ3n) is 5.61. The first kappa shape index (κ1) is 23.9. The van der Waals surface area contributed by atoms with Crippen LogP contribution >= 0.6 is 23.2 Å². The number of pyridine rings is 1. The summed E-state index contributed by atoms with van der Waals surface area (Å²) in [6.45, 7) is 7.82. The normalized spacial score (nSPS) is 18.6. The molecule has 10 heteroatoms. The number of hydrogen-bond acceptors (Lipinski definition) is 6. The number of nitrogens with zero attached hydrogens (tertiary/aromatic N) is 3. The molecule has 0 N–H and O–H groups in total. The summed E-state index contributed by atoms with van der Waals surface area (Å²) in [5.41, 5.74) is 0.345. The van der Waals surface area contributed by atoms with Gasteiger partial charge < -0.3 is 19.1 Å². The van der Waals surface area contributed by atoms with Crippen LogP contribution in [-0.2, 0) is 11.3 Å². The Morgan fingerprint density at radius 3 is 2.73 bits per heavy atom. The number of carbonyl (C=O) groups is 1. The molecule has 1 saturated heterocycles. The lowest BCUT2D eigenvalue weighted by Crippen LogP contribution is -2.56. The molecule has 1 fully saturated rings. The standard InChI is InChI=1S/C23H26Cl2FN3O4/c1-23(2,3)33-22(30)29-9-8-28-11-14-20(32-12-13(28)10-29)18(24)19(27-21(14)25)17-15(26)6-5-7-16(17)31-4/h5-7,13H,8-12H2,1-4H3/t13-/m1/s1. The van der Waals surface area contributed by atoms with Crippen molar-refractivity contribution < 1.29 is 23.4 Å². The molecule has 33 heavy (non-hydrogen) atoms. The van der Waals surface area contributed by atoms with E-state index >= 15 is 0 Å². The first-order chi connectivity index (χ1) is 15.6. The molecule has 0 spiro atoms. The van der Waals surface area contributed by atoms with Crippen LogP contribution in [0.2, 0.25) is 10.2 Å². The van der Waals surface area contributed by atoms with Gasteiger partial charge in [-0.25, -0.2) is 14.2 Å². The lowest BCUT2D eigenvalue weighted by Gasteiger charge is -2.40. The van der Waals surface area contributed by atoms with Crippen molar-refractivity contribution in [1.29, 1.82) is 0 Å². The molecule has 1 aromatic carbocycles. The fourth-order valence-corrected chi connectivity index (χ4v) is 4.58. The van der Waals surface area contributed by atoms with Gasteiger partial charge in [-0.05, 0) is 32.9 Å². The number of piperazine rings is 1. The molecule has 0 saturated carbocycles. The fourth-order valence-electron chi connectivity index (χ4n) is 4.04. The number of fused-ring (bicyclic) bond motifs is 2. The summed E-state index contributed by atoms with van der Waals surface area (Å²) in [5.74, 6) is 0.133. The van der Waals surface area contributed by atoms with Crippen molar-refractivity contribution in [3.63, 3.8) is 0 Å². The maximum absolute atomic E-state index is 14.7. The minimum atomic E-state index is -0.568. The zero-order chi connectivity index (χ0) is 23.9. The third kappa shape index (κ3) is 4.83. The largest absolute Gasteiger partial charge is 0.496 e. The zero-order valence-electron chi connectivity index (χ0n) is 19.0. The number of halogens is 3. The van der Waals surface area contributed by atoms with Gasteiger partial charge in [0.25, 0.3) is 0 Å². The summed E-state index contributed by atoms with van der Waals surface area (Å²) in [5, 5.41) is 0.353. The minimum absolute atomic E-state index is 0.0859. The molecular weight excluding hydrogens is 472 g/mol. The van der Waals surface area contributed by atoms with Gasteiger partial charge in [0.15, 0.2) is 0 Å². The highest BCUT2D eigenvalue weighted by atomic mass is 35.5. The molecule has 1 atom stereocenters. The van der Waals surface area contributed by atoms with Crippen molar-refractivity contribution >= 4 is 29.3 Å². The highest BCUT2D eigenvalue weighted by molar-refractivity contribution is 6.36. The Labute approximate surface area is 202 Å². The van der Waals surface area contributed by atoms with Crippen LogP contribution in [0.15, 0.2) is 18.2 Å². The Morgan fingerprint density at radius 2 is 2.03 bits per heavy atom. The summed E-state index contributed by atoms with van der Waals surface area (Å²) in [4.78, 5) is 20.8. The van der Waals surface area contributed by atoms with E-state index in [1.54, 1.807) is 17.0 Å². The molecule has 7 nitrogen and oxygen atoms in total. The monoisotopic (exact) mass is 497 g/mol. The molecule has 0 radical (unpaired) electrons. The van der Waals surface area contributed by atoms with E-state index in [0.29, 0.717) is 43.2 Å². The van der Waals surface area contributed by atoms with Crippen LogP contribution in [0, 0.1) is 5.82 Å². The van der Waals surface area contributed by atoms with Gasteiger partial charge >= 0.3 is 6.09 Å². The molecular formula is C23H26Cl2FN3O4. The van der Waals surface area contributed by atoms with Gasteiger partial charge in [-0.15, -0.1) is 0 Å². The Morgan fingerprint density at radius 1 is 1.27 bits per heavy atom. The summed E-state index contributed by atoms with van der Waals surface area (Å²) < 4.78 is 31.6. The van der Waals surface area contributed by atoms with E-state index in [4.69, 9.17) is 37.4 Å². The molecule has 3 heterocycles. The van der Waals surface area contributed by atoms with E-state index in [0.717, 1.165) is 0 Å². The van der Waals surface area contributed by atoms with Crippen molar-refractivity contribution in [2.45, 2.75) is 39.0 Å². The van der Waals surface area contributed by atoms with Crippen LogP contribution in [0.1, 0.15) is 26.3 Å².